The second-order valence-electron chi connectivity index (χ2n) is 4.66. The normalized spacial score (nSPS) is 31.6. The van der Waals surface area contributed by atoms with E-state index in [0.717, 1.165) is 0 Å². The number of rotatable bonds is 3. The van der Waals surface area contributed by atoms with Gasteiger partial charge in [-0.1, -0.05) is 19.3 Å². The zero-order chi connectivity index (χ0) is 9.15. The van der Waals surface area contributed by atoms with Gasteiger partial charge in [-0.25, -0.2) is 4.39 Å². The van der Waals surface area contributed by atoms with Gasteiger partial charge in [-0.15, -0.1) is 0 Å². The first-order chi connectivity index (χ1) is 6.37. The van der Waals surface area contributed by atoms with Crippen LogP contribution in [0.25, 0.3) is 0 Å². The Morgan fingerprint density at radius 3 is 2.46 bits per heavy atom. The van der Waals surface area contributed by atoms with E-state index in [0.29, 0.717) is 18.0 Å². The predicted octanol–water partition coefficient (Wildman–Crippen LogP) is 2.66. The molecule has 0 amide bonds. The Kier molecular flexibility index (Phi) is 2.87. The van der Waals surface area contributed by atoms with Crippen LogP contribution in [0.4, 0.5) is 4.39 Å². The van der Waals surface area contributed by atoms with E-state index < -0.39 is 0 Å². The van der Waals surface area contributed by atoms with Gasteiger partial charge in [0.05, 0.1) is 0 Å². The van der Waals surface area contributed by atoms with Crippen molar-refractivity contribution >= 4 is 0 Å². The standard InChI is InChI=1S/C11H20FN/c12-8-9-13-10-4-7-11(10)5-2-1-3-6-11/h10,13H,1-9H2. The quantitative estimate of drug-likeness (QED) is 0.712. The Bertz CT molecular complexity index is 163. The van der Waals surface area contributed by atoms with Crippen LogP contribution in [0.15, 0.2) is 0 Å². The molecule has 0 aliphatic heterocycles. The Morgan fingerprint density at radius 1 is 1.15 bits per heavy atom. The highest BCUT2D eigenvalue weighted by atomic mass is 19.1. The van der Waals surface area contributed by atoms with Crippen LogP contribution in [-0.2, 0) is 0 Å². The van der Waals surface area contributed by atoms with E-state index in [-0.39, 0.29) is 6.67 Å². The molecular formula is C11H20FN. The molecule has 2 fully saturated rings. The smallest absolute Gasteiger partial charge is 0.102 e. The number of hydrogen-bond acceptors (Lipinski definition) is 1. The van der Waals surface area contributed by atoms with Gasteiger partial charge in [0.1, 0.15) is 6.67 Å². The Hall–Kier alpha value is -0.110. The van der Waals surface area contributed by atoms with Gasteiger partial charge < -0.3 is 5.32 Å². The van der Waals surface area contributed by atoms with Crippen molar-refractivity contribution in [3.05, 3.63) is 0 Å². The molecule has 2 rings (SSSR count). The third-order valence-electron chi connectivity index (χ3n) is 4.00. The minimum Gasteiger partial charge on any atom is -0.311 e. The summed E-state index contributed by atoms with van der Waals surface area (Å²) in [5, 5.41) is 3.35. The van der Waals surface area contributed by atoms with Gasteiger partial charge in [-0.3, -0.25) is 0 Å². The van der Waals surface area contributed by atoms with E-state index >= 15 is 0 Å². The van der Waals surface area contributed by atoms with Crippen LogP contribution in [0.2, 0.25) is 0 Å². The molecule has 0 aromatic heterocycles. The summed E-state index contributed by atoms with van der Waals surface area (Å²) in [6.45, 7) is 0.346. The average molecular weight is 185 g/mol. The van der Waals surface area contributed by atoms with E-state index in [1.807, 2.05) is 0 Å². The molecule has 0 radical (unpaired) electrons. The van der Waals surface area contributed by atoms with Gasteiger partial charge in [0, 0.05) is 12.6 Å². The third-order valence-corrected chi connectivity index (χ3v) is 4.00. The molecule has 1 N–H and O–H groups in total. The van der Waals surface area contributed by atoms with Gasteiger partial charge in [0.15, 0.2) is 0 Å². The monoisotopic (exact) mass is 185 g/mol. The highest BCUT2D eigenvalue weighted by Gasteiger charge is 2.46. The predicted molar refractivity (Wildman–Crippen MR) is 52.5 cm³/mol. The van der Waals surface area contributed by atoms with Crippen LogP contribution in [-0.4, -0.2) is 19.3 Å². The number of alkyl halides is 1. The third kappa shape index (κ3) is 1.74. The van der Waals surface area contributed by atoms with Gasteiger partial charge >= 0.3 is 0 Å². The summed E-state index contributed by atoms with van der Waals surface area (Å²) in [5.74, 6) is 0. The minimum absolute atomic E-state index is 0.216. The van der Waals surface area contributed by atoms with E-state index in [1.54, 1.807) is 0 Å². The second-order valence-corrected chi connectivity index (χ2v) is 4.66. The van der Waals surface area contributed by atoms with Crippen LogP contribution in [0.5, 0.6) is 0 Å². The summed E-state index contributed by atoms with van der Waals surface area (Å²) >= 11 is 0. The SMILES string of the molecule is FCCNC1CCC12CCCCC2. The molecule has 2 aliphatic carbocycles. The fourth-order valence-corrected chi connectivity index (χ4v) is 3.10. The van der Waals surface area contributed by atoms with Gasteiger partial charge in [-0.05, 0) is 31.1 Å². The van der Waals surface area contributed by atoms with E-state index in [9.17, 15) is 4.39 Å². The fraction of sp³-hybridized carbons (Fsp3) is 1.00. The van der Waals surface area contributed by atoms with Crippen molar-refractivity contribution < 1.29 is 4.39 Å². The van der Waals surface area contributed by atoms with Crippen molar-refractivity contribution in [2.75, 3.05) is 13.2 Å². The van der Waals surface area contributed by atoms with Crippen LogP contribution in [0.3, 0.4) is 0 Å². The number of nitrogens with one attached hydrogen (secondary N) is 1. The second kappa shape index (κ2) is 3.95. The lowest BCUT2D eigenvalue weighted by atomic mass is 9.57. The molecule has 0 bridgehead atoms. The van der Waals surface area contributed by atoms with Crippen molar-refractivity contribution in [2.24, 2.45) is 5.41 Å². The molecule has 0 saturated heterocycles. The summed E-state index contributed by atoms with van der Waals surface area (Å²) in [6.07, 6.45) is 9.64. The van der Waals surface area contributed by atoms with Gasteiger partial charge in [0.2, 0.25) is 0 Å². The van der Waals surface area contributed by atoms with Crippen molar-refractivity contribution in [3.8, 4) is 0 Å². The summed E-state index contributed by atoms with van der Waals surface area (Å²) in [4.78, 5) is 0. The molecule has 0 heterocycles. The zero-order valence-corrected chi connectivity index (χ0v) is 8.32. The van der Waals surface area contributed by atoms with E-state index in [1.165, 1.54) is 44.9 Å². The molecule has 2 saturated carbocycles. The lowest BCUT2D eigenvalue weighted by molar-refractivity contribution is 0.0226. The van der Waals surface area contributed by atoms with Crippen molar-refractivity contribution in [1.29, 1.82) is 0 Å². The van der Waals surface area contributed by atoms with E-state index in [4.69, 9.17) is 0 Å². The first-order valence-corrected chi connectivity index (χ1v) is 5.67. The fourth-order valence-electron chi connectivity index (χ4n) is 3.10. The molecule has 2 aliphatic rings. The Morgan fingerprint density at radius 2 is 1.92 bits per heavy atom. The van der Waals surface area contributed by atoms with Crippen LogP contribution in [0.1, 0.15) is 44.9 Å². The Balaban J connectivity index is 1.83. The molecule has 0 aromatic rings. The first-order valence-electron chi connectivity index (χ1n) is 5.67. The molecule has 13 heavy (non-hydrogen) atoms. The Labute approximate surface area is 80.1 Å². The van der Waals surface area contributed by atoms with Crippen LogP contribution < -0.4 is 5.32 Å². The summed E-state index contributed by atoms with van der Waals surface area (Å²) < 4.78 is 12.0. The van der Waals surface area contributed by atoms with Crippen molar-refractivity contribution in [2.45, 2.75) is 51.0 Å². The van der Waals surface area contributed by atoms with Crippen molar-refractivity contribution in [3.63, 3.8) is 0 Å². The average Bonchev–Trinajstić information content (AvgIpc) is 2.18. The molecule has 1 nitrogen and oxygen atoms in total. The first kappa shape index (κ1) is 9.45. The molecule has 0 aromatic carbocycles. The largest absolute Gasteiger partial charge is 0.311 e. The minimum atomic E-state index is -0.216. The molecular weight excluding hydrogens is 165 g/mol. The van der Waals surface area contributed by atoms with Gasteiger partial charge in [0.25, 0.3) is 0 Å². The lowest BCUT2D eigenvalue weighted by Gasteiger charge is -2.52. The molecule has 2 heteroatoms. The summed E-state index contributed by atoms with van der Waals surface area (Å²) in [6, 6.07) is 0.642. The lowest BCUT2D eigenvalue weighted by Crippen LogP contribution is -2.54. The highest BCUT2D eigenvalue weighted by molar-refractivity contribution is 5.01. The maximum Gasteiger partial charge on any atom is 0.102 e. The summed E-state index contributed by atoms with van der Waals surface area (Å²) in [5.41, 5.74) is 0.591. The maximum atomic E-state index is 12.0. The highest BCUT2D eigenvalue weighted by Crippen LogP contribution is 2.51. The van der Waals surface area contributed by atoms with Crippen LogP contribution >= 0.6 is 0 Å². The zero-order valence-electron chi connectivity index (χ0n) is 8.32. The van der Waals surface area contributed by atoms with E-state index in [2.05, 4.69) is 5.32 Å². The molecule has 1 unspecified atom stereocenters. The van der Waals surface area contributed by atoms with Gasteiger partial charge in [-0.2, -0.15) is 0 Å². The number of halogens is 1. The van der Waals surface area contributed by atoms with Crippen molar-refractivity contribution in [1.82, 2.24) is 5.32 Å². The maximum absolute atomic E-state index is 12.0. The van der Waals surface area contributed by atoms with Crippen LogP contribution in [0, 0.1) is 5.41 Å². The number of hydrogen-bond donors (Lipinski definition) is 1. The molecule has 1 spiro atoms. The molecule has 76 valence electrons. The topological polar surface area (TPSA) is 12.0 Å². The molecule has 1 atom stereocenters. The summed E-state index contributed by atoms with van der Waals surface area (Å²) in [7, 11) is 0.